The Balaban J connectivity index is 3.22. The first-order chi connectivity index (χ1) is 8.70. The van der Waals surface area contributed by atoms with Crippen molar-refractivity contribution in [2.24, 2.45) is 0 Å². The average Bonchev–Trinajstić information content (AvgIpc) is 2.29. The molecule has 0 amide bonds. The Morgan fingerprint density at radius 3 is 2.37 bits per heavy atom. The van der Waals surface area contributed by atoms with E-state index >= 15 is 0 Å². The second kappa shape index (κ2) is 5.74. The van der Waals surface area contributed by atoms with E-state index < -0.39 is 26.1 Å². The Bertz CT molecular complexity index is 543. The first-order valence-electron chi connectivity index (χ1n) is 5.19. The van der Waals surface area contributed by atoms with Crippen LogP contribution in [0, 0.1) is 5.82 Å². The van der Waals surface area contributed by atoms with E-state index in [1.807, 2.05) is 0 Å². The molecule has 0 bridgehead atoms. The molecule has 0 unspecified atom stereocenters. The predicted molar refractivity (Wildman–Crippen MR) is 62.1 cm³/mol. The lowest BCUT2D eigenvalue weighted by atomic mass is 10.3. The number of nitrogens with one attached hydrogen (secondary N) is 2. The number of hydrogen-bond acceptors (Lipinski definition) is 4. The third-order valence-electron chi connectivity index (χ3n) is 2.23. The summed E-state index contributed by atoms with van der Waals surface area (Å²) in [5, 5.41) is 5.24. The van der Waals surface area contributed by atoms with Crippen LogP contribution in [0.4, 0.5) is 23.2 Å². The summed E-state index contributed by atoms with van der Waals surface area (Å²) in [6.45, 7) is 0.603. The summed E-state index contributed by atoms with van der Waals surface area (Å²) < 4.78 is 73.0. The van der Waals surface area contributed by atoms with Crippen molar-refractivity contribution in [3.8, 4) is 0 Å². The second-order valence-electron chi connectivity index (χ2n) is 3.62. The highest BCUT2D eigenvalue weighted by molar-refractivity contribution is 7.92. The maximum absolute atomic E-state index is 13.0. The molecule has 0 saturated carbocycles. The predicted octanol–water partition coefficient (Wildman–Crippen LogP) is 1.75. The van der Waals surface area contributed by atoms with Crippen LogP contribution in [0.25, 0.3) is 0 Å². The molecular weight excluding hydrogens is 288 g/mol. The molecule has 0 radical (unpaired) electrons. The Kier molecular flexibility index (Phi) is 4.75. The average molecular weight is 300 g/mol. The molecule has 0 saturated heterocycles. The Morgan fingerprint density at radius 1 is 1.21 bits per heavy atom. The summed E-state index contributed by atoms with van der Waals surface area (Å²) in [6.07, 6.45) is 0. The minimum atomic E-state index is -5.59. The highest BCUT2D eigenvalue weighted by atomic mass is 32.2. The monoisotopic (exact) mass is 300 g/mol. The third-order valence-corrected chi connectivity index (χ3v) is 3.75. The Hall–Kier alpha value is -1.35. The zero-order valence-corrected chi connectivity index (χ0v) is 10.7. The summed E-state index contributed by atoms with van der Waals surface area (Å²) in [6, 6.07) is 2.20. The van der Waals surface area contributed by atoms with Gasteiger partial charge in [0.05, 0.1) is 5.69 Å². The normalized spacial score (nSPS) is 12.5. The van der Waals surface area contributed by atoms with Crippen LogP contribution in [-0.2, 0) is 9.84 Å². The number of anilines is 1. The van der Waals surface area contributed by atoms with Gasteiger partial charge in [-0.25, -0.2) is 12.8 Å². The van der Waals surface area contributed by atoms with Gasteiger partial charge in [-0.3, -0.25) is 0 Å². The third kappa shape index (κ3) is 3.57. The van der Waals surface area contributed by atoms with E-state index in [2.05, 4.69) is 10.6 Å². The van der Waals surface area contributed by atoms with Gasteiger partial charge in [0, 0.05) is 13.1 Å². The van der Waals surface area contributed by atoms with Crippen LogP contribution in [0.1, 0.15) is 0 Å². The standard InChI is InChI=1S/C10H12F4N2O2S/c1-15-4-5-16-8-3-2-7(11)6-9(8)19(17,18)10(12,13)14/h2-3,6,15-16H,4-5H2,1H3. The first-order valence-corrected chi connectivity index (χ1v) is 6.68. The Labute approximate surface area is 107 Å². The summed E-state index contributed by atoms with van der Waals surface area (Å²) >= 11 is 0. The molecule has 0 aliphatic heterocycles. The fourth-order valence-electron chi connectivity index (χ4n) is 1.31. The zero-order valence-electron chi connectivity index (χ0n) is 9.88. The maximum atomic E-state index is 13.0. The van der Waals surface area contributed by atoms with Crippen LogP contribution >= 0.6 is 0 Å². The van der Waals surface area contributed by atoms with E-state index in [-0.39, 0.29) is 12.2 Å². The van der Waals surface area contributed by atoms with Gasteiger partial charge in [0.1, 0.15) is 10.7 Å². The van der Waals surface area contributed by atoms with Crippen molar-refractivity contribution in [1.82, 2.24) is 5.32 Å². The van der Waals surface area contributed by atoms with Crippen molar-refractivity contribution in [3.05, 3.63) is 24.0 Å². The molecule has 0 aromatic heterocycles. The highest BCUT2D eigenvalue weighted by Crippen LogP contribution is 2.34. The van der Waals surface area contributed by atoms with Crippen LogP contribution in [0.5, 0.6) is 0 Å². The van der Waals surface area contributed by atoms with E-state index in [1.165, 1.54) is 0 Å². The van der Waals surface area contributed by atoms with Crippen molar-refractivity contribution in [1.29, 1.82) is 0 Å². The molecular formula is C10H12F4N2O2S. The molecule has 19 heavy (non-hydrogen) atoms. The van der Waals surface area contributed by atoms with Crippen LogP contribution < -0.4 is 10.6 Å². The molecule has 1 rings (SSSR count). The van der Waals surface area contributed by atoms with E-state index in [0.29, 0.717) is 12.6 Å². The fraction of sp³-hybridized carbons (Fsp3) is 0.400. The Morgan fingerprint density at radius 2 is 1.84 bits per heavy atom. The van der Waals surface area contributed by atoms with Crippen molar-refractivity contribution >= 4 is 15.5 Å². The molecule has 108 valence electrons. The first kappa shape index (κ1) is 15.7. The second-order valence-corrected chi connectivity index (χ2v) is 5.53. The van der Waals surface area contributed by atoms with Crippen molar-refractivity contribution < 1.29 is 26.0 Å². The summed E-state index contributed by atoms with van der Waals surface area (Å²) in [4.78, 5) is -1.11. The lowest BCUT2D eigenvalue weighted by Gasteiger charge is -2.14. The van der Waals surface area contributed by atoms with Gasteiger partial charge in [0.25, 0.3) is 9.84 Å². The smallest absolute Gasteiger partial charge is 0.383 e. The number of sulfone groups is 1. The van der Waals surface area contributed by atoms with Crippen molar-refractivity contribution in [2.75, 3.05) is 25.5 Å². The molecule has 0 spiro atoms. The molecule has 1 aromatic rings. The van der Waals surface area contributed by atoms with Crippen molar-refractivity contribution in [3.63, 3.8) is 0 Å². The SMILES string of the molecule is CNCCNc1ccc(F)cc1S(=O)(=O)C(F)(F)F. The molecule has 0 aliphatic rings. The zero-order chi connectivity index (χ0) is 14.7. The summed E-state index contributed by atoms with van der Waals surface area (Å²) in [5.74, 6) is -1.05. The van der Waals surface area contributed by atoms with Gasteiger partial charge in [0.2, 0.25) is 0 Å². The van der Waals surface area contributed by atoms with Crippen LogP contribution in [0.2, 0.25) is 0 Å². The van der Waals surface area contributed by atoms with Crippen molar-refractivity contribution in [2.45, 2.75) is 10.4 Å². The topological polar surface area (TPSA) is 58.2 Å². The van der Waals surface area contributed by atoms with Crippen LogP contribution in [-0.4, -0.2) is 34.1 Å². The fourth-order valence-corrected chi connectivity index (χ4v) is 2.26. The number of halogens is 4. The summed E-state index contributed by atoms with van der Waals surface area (Å²) in [5.41, 5.74) is -5.76. The summed E-state index contributed by atoms with van der Waals surface area (Å²) in [7, 11) is -3.96. The number of likely N-dealkylation sites (N-methyl/N-ethyl adjacent to an activating group) is 1. The van der Waals surface area contributed by atoms with Crippen LogP contribution in [0.3, 0.4) is 0 Å². The number of hydrogen-bond donors (Lipinski definition) is 2. The molecule has 0 atom stereocenters. The molecule has 0 heterocycles. The minimum absolute atomic E-state index is 0.197. The number of rotatable bonds is 5. The quantitative estimate of drug-likeness (QED) is 0.642. The van der Waals surface area contributed by atoms with Gasteiger partial charge in [-0.05, 0) is 25.2 Å². The van der Waals surface area contributed by atoms with Gasteiger partial charge in [0.15, 0.2) is 0 Å². The number of benzene rings is 1. The molecule has 0 fully saturated rings. The van der Waals surface area contributed by atoms with E-state index in [1.54, 1.807) is 7.05 Å². The largest absolute Gasteiger partial charge is 0.501 e. The van der Waals surface area contributed by atoms with Crippen LogP contribution in [0.15, 0.2) is 23.1 Å². The lowest BCUT2D eigenvalue weighted by molar-refractivity contribution is -0.0435. The minimum Gasteiger partial charge on any atom is -0.383 e. The maximum Gasteiger partial charge on any atom is 0.501 e. The van der Waals surface area contributed by atoms with E-state index in [0.717, 1.165) is 12.1 Å². The van der Waals surface area contributed by atoms with E-state index in [4.69, 9.17) is 0 Å². The molecule has 0 aliphatic carbocycles. The van der Waals surface area contributed by atoms with E-state index in [9.17, 15) is 26.0 Å². The van der Waals surface area contributed by atoms with Gasteiger partial charge < -0.3 is 10.6 Å². The lowest BCUT2D eigenvalue weighted by Crippen LogP contribution is -2.25. The van der Waals surface area contributed by atoms with Gasteiger partial charge in [-0.15, -0.1) is 0 Å². The highest BCUT2D eigenvalue weighted by Gasteiger charge is 2.48. The molecule has 4 nitrogen and oxygen atoms in total. The molecule has 1 aromatic carbocycles. The van der Waals surface area contributed by atoms with Gasteiger partial charge in [-0.1, -0.05) is 0 Å². The molecule has 9 heteroatoms. The van der Waals surface area contributed by atoms with Gasteiger partial charge in [-0.2, -0.15) is 13.2 Å². The molecule has 2 N–H and O–H groups in total. The number of alkyl halides is 3. The van der Waals surface area contributed by atoms with Gasteiger partial charge >= 0.3 is 5.51 Å².